The highest BCUT2D eigenvalue weighted by Gasteiger charge is 2.24. The van der Waals surface area contributed by atoms with Crippen LogP contribution >= 0.6 is 15.9 Å². The molecule has 0 aliphatic heterocycles. The molecule has 1 aliphatic rings. The second-order valence-electron chi connectivity index (χ2n) is 5.47. The van der Waals surface area contributed by atoms with Gasteiger partial charge in [0.2, 0.25) is 0 Å². The zero-order chi connectivity index (χ0) is 13.0. The molecule has 1 aromatic rings. The lowest BCUT2D eigenvalue weighted by molar-refractivity contribution is 0.221. The van der Waals surface area contributed by atoms with E-state index in [1.54, 1.807) is 0 Å². The highest BCUT2D eigenvalue weighted by molar-refractivity contribution is 9.10. The van der Waals surface area contributed by atoms with Crippen LogP contribution in [0.15, 0.2) is 28.7 Å². The second-order valence-corrected chi connectivity index (χ2v) is 6.38. The number of rotatable bonds is 7. The Labute approximate surface area is 119 Å². The molecular formula is C15H23BrN2. The lowest BCUT2D eigenvalue weighted by Crippen LogP contribution is -2.36. The van der Waals surface area contributed by atoms with E-state index in [9.17, 15) is 0 Å². The number of anilines is 1. The molecule has 1 aliphatic carbocycles. The van der Waals surface area contributed by atoms with Gasteiger partial charge in [0.25, 0.3) is 0 Å². The van der Waals surface area contributed by atoms with Crippen LogP contribution in [0, 0.1) is 5.92 Å². The lowest BCUT2D eigenvalue weighted by atomic mass is 10.2. The first-order chi connectivity index (χ1) is 8.65. The van der Waals surface area contributed by atoms with Crippen LogP contribution in [0.2, 0.25) is 0 Å². The molecule has 2 nitrogen and oxygen atoms in total. The van der Waals surface area contributed by atoms with Crippen molar-refractivity contribution < 1.29 is 0 Å². The predicted molar refractivity (Wildman–Crippen MR) is 82.1 cm³/mol. The first-order valence-corrected chi connectivity index (χ1v) is 7.68. The fraction of sp³-hybridized carbons (Fsp3) is 0.600. The van der Waals surface area contributed by atoms with Crippen LogP contribution in [0.4, 0.5) is 5.69 Å². The number of hydrogen-bond donors (Lipinski definition) is 1. The predicted octanol–water partition coefficient (Wildman–Crippen LogP) is 3.98. The first kappa shape index (κ1) is 13.9. The maximum atomic E-state index is 3.50. The number of hydrogen-bond acceptors (Lipinski definition) is 2. The van der Waals surface area contributed by atoms with Crippen LogP contribution in [-0.4, -0.2) is 30.6 Å². The molecule has 0 unspecified atom stereocenters. The van der Waals surface area contributed by atoms with Gasteiger partial charge in [-0.2, -0.15) is 0 Å². The molecule has 0 saturated heterocycles. The minimum absolute atomic E-state index is 0.648. The summed E-state index contributed by atoms with van der Waals surface area (Å²) in [5.41, 5.74) is 1.19. The summed E-state index contributed by atoms with van der Waals surface area (Å²) in [5, 5.41) is 3.49. The average Bonchev–Trinajstić information content (AvgIpc) is 3.11. The van der Waals surface area contributed by atoms with E-state index in [0.717, 1.165) is 23.5 Å². The van der Waals surface area contributed by atoms with Crippen molar-refractivity contribution in [1.82, 2.24) is 4.90 Å². The summed E-state index contributed by atoms with van der Waals surface area (Å²) < 4.78 is 1.13. The third-order valence-corrected chi connectivity index (χ3v) is 3.97. The Morgan fingerprint density at radius 2 is 2.17 bits per heavy atom. The molecule has 0 spiro atoms. The van der Waals surface area contributed by atoms with E-state index in [1.807, 2.05) is 0 Å². The fourth-order valence-electron chi connectivity index (χ4n) is 2.13. The Balaban J connectivity index is 1.75. The zero-order valence-electron chi connectivity index (χ0n) is 11.3. The van der Waals surface area contributed by atoms with E-state index >= 15 is 0 Å². The fourth-order valence-corrected chi connectivity index (χ4v) is 2.53. The van der Waals surface area contributed by atoms with Gasteiger partial charge in [-0.1, -0.05) is 22.0 Å². The van der Waals surface area contributed by atoms with Gasteiger partial charge in [-0.05, 0) is 50.8 Å². The zero-order valence-corrected chi connectivity index (χ0v) is 12.9. The molecule has 0 radical (unpaired) electrons. The minimum atomic E-state index is 0.648. The number of halogens is 1. The number of benzene rings is 1. The molecule has 1 fully saturated rings. The van der Waals surface area contributed by atoms with Crippen LogP contribution in [-0.2, 0) is 0 Å². The largest absolute Gasteiger partial charge is 0.384 e. The number of nitrogens with zero attached hydrogens (tertiary/aromatic N) is 1. The Bertz CT molecular complexity index is 375. The number of nitrogens with one attached hydrogen (secondary N) is 1. The lowest BCUT2D eigenvalue weighted by Gasteiger charge is -2.26. The van der Waals surface area contributed by atoms with Crippen LogP contribution < -0.4 is 5.32 Å². The van der Waals surface area contributed by atoms with Gasteiger partial charge in [0.05, 0.1) is 0 Å². The van der Waals surface area contributed by atoms with Gasteiger partial charge in [0.15, 0.2) is 0 Å². The summed E-state index contributed by atoms with van der Waals surface area (Å²) in [6, 6.07) is 9.01. The van der Waals surface area contributed by atoms with Crippen LogP contribution in [0.5, 0.6) is 0 Å². The molecule has 1 N–H and O–H groups in total. The third-order valence-electron chi connectivity index (χ3n) is 3.47. The van der Waals surface area contributed by atoms with Gasteiger partial charge >= 0.3 is 0 Å². The van der Waals surface area contributed by atoms with Gasteiger partial charge in [0.1, 0.15) is 0 Å². The van der Waals surface area contributed by atoms with Crippen molar-refractivity contribution in [2.75, 3.05) is 25.0 Å². The van der Waals surface area contributed by atoms with Crippen LogP contribution in [0.1, 0.15) is 26.7 Å². The van der Waals surface area contributed by atoms with Crippen molar-refractivity contribution in [3.05, 3.63) is 28.7 Å². The molecule has 0 atom stereocenters. The second kappa shape index (κ2) is 6.58. The molecule has 0 heterocycles. The summed E-state index contributed by atoms with van der Waals surface area (Å²) in [6.45, 7) is 8.00. The quantitative estimate of drug-likeness (QED) is 0.819. The Morgan fingerprint density at radius 3 is 2.78 bits per heavy atom. The molecule has 1 aromatic carbocycles. The van der Waals surface area contributed by atoms with Gasteiger partial charge in [-0.3, -0.25) is 4.90 Å². The summed E-state index contributed by atoms with van der Waals surface area (Å²) in [5.74, 6) is 0.971. The first-order valence-electron chi connectivity index (χ1n) is 6.88. The van der Waals surface area contributed by atoms with Gasteiger partial charge in [-0.25, -0.2) is 0 Å². The highest BCUT2D eigenvalue weighted by atomic mass is 79.9. The van der Waals surface area contributed by atoms with Crippen molar-refractivity contribution >= 4 is 21.6 Å². The molecule has 1 saturated carbocycles. The van der Waals surface area contributed by atoms with E-state index in [0.29, 0.717) is 6.04 Å². The average molecular weight is 311 g/mol. The van der Waals surface area contributed by atoms with E-state index in [-0.39, 0.29) is 0 Å². The van der Waals surface area contributed by atoms with E-state index < -0.39 is 0 Å². The van der Waals surface area contributed by atoms with Gasteiger partial charge in [0, 0.05) is 35.8 Å². The Morgan fingerprint density at radius 1 is 1.39 bits per heavy atom. The SMILES string of the molecule is CC(C)N(CCNc1cccc(Br)c1)CC1CC1. The van der Waals surface area contributed by atoms with Crippen molar-refractivity contribution in [1.29, 1.82) is 0 Å². The summed E-state index contributed by atoms with van der Waals surface area (Å²) in [6.07, 6.45) is 2.87. The minimum Gasteiger partial charge on any atom is -0.384 e. The molecule has 2 rings (SSSR count). The maximum Gasteiger partial charge on any atom is 0.0351 e. The van der Waals surface area contributed by atoms with Crippen LogP contribution in [0.25, 0.3) is 0 Å². The van der Waals surface area contributed by atoms with E-state index in [1.165, 1.54) is 25.1 Å². The summed E-state index contributed by atoms with van der Waals surface area (Å²) >= 11 is 3.50. The van der Waals surface area contributed by atoms with Crippen molar-refractivity contribution in [3.8, 4) is 0 Å². The molecule has 0 amide bonds. The summed E-state index contributed by atoms with van der Waals surface area (Å²) in [7, 11) is 0. The Hall–Kier alpha value is -0.540. The Kier molecular flexibility index (Phi) is 5.07. The summed E-state index contributed by atoms with van der Waals surface area (Å²) in [4.78, 5) is 2.59. The third kappa shape index (κ3) is 4.62. The smallest absolute Gasteiger partial charge is 0.0351 e. The molecule has 0 bridgehead atoms. The molecule has 3 heteroatoms. The molecule has 100 valence electrons. The van der Waals surface area contributed by atoms with Crippen LogP contribution in [0.3, 0.4) is 0 Å². The molecule has 18 heavy (non-hydrogen) atoms. The standard InChI is InChI=1S/C15H23BrN2/c1-12(2)18(11-13-6-7-13)9-8-17-15-5-3-4-14(16)10-15/h3-5,10,12-13,17H,6-9,11H2,1-2H3. The van der Waals surface area contributed by atoms with Gasteiger partial charge in [-0.15, -0.1) is 0 Å². The molecule has 0 aromatic heterocycles. The normalized spacial score (nSPS) is 15.4. The monoisotopic (exact) mass is 310 g/mol. The topological polar surface area (TPSA) is 15.3 Å². The van der Waals surface area contributed by atoms with E-state index in [2.05, 4.69) is 64.3 Å². The maximum absolute atomic E-state index is 3.50. The van der Waals surface area contributed by atoms with E-state index in [4.69, 9.17) is 0 Å². The van der Waals surface area contributed by atoms with Crippen molar-refractivity contribution in [2.45, 2.75) is 32.7 Å². The van der Waals surface area contributed by atoms with Crippen molar-refractivity contribution in [3.63, 3.8) is 0 Å². The van der Waals surface area contributed by atoms with Gasteiger partial charge < -0.3 is 5.32 Å². The van der Waals surface area contributed by atoms with Crippen molar-refractivity contribution in [2.24, 2.45) is 5.92 Å². The highest BCUT2D eigenvalue weighted by Crippen LogP contribution is 2.30. The molecular weight excluding hydrogens is 288 g/mol.